The lowest BCUT2D eigenvalue weighted by Gasteiger charge is -2.39. The Hall–Kier alpha value is -2.09. The molecule has 3 aliphatic heterocycles. The summed E-state index contributed by atoms with van der Waals surface area (Å²) in [5.41, 5.74) is 1.98. The number of aryl methyl sites for hydroxylation is 2. The molecular weight excluding hydrogens is 336 g/mol. The number of aromatic nitrogens is 1. The number of carbonyl (C=O) groups excluding carboxylic acids is 2. The van der Waals surface area contributed by atoms with Crippen LogP contribution in [0.1, 0.15) is 36.3 Å². The van der Waals surface area contributed by atoms with Crippen molar-refractivity contribution < 1.29 is 18.8 Å². The standard InChI is InChI=1S/C18H26N4O4/c1-12-15(13(2)26-20-12)10-22-11-18(7-16(22)23)3-5-21(6-4-18)9-14-8-19-17(24)25-14/h14H,3-11H2,1-2H3,(H,19,24)/t14-/m0/s1. The molecule has 0 bridgehead atoms. The van der Waals surface area contributed by atoms with E-state index in [0.717, 1.165) is 56.0 Å². The molecule has 4 rings (SSSR count). The third kappa shape index (κ3) is 3.30. The smallest absolute Gasteiger partial charge is 0.407 e. The highest BCUT2D eigenvalue weighted by Gasteiger charge is 2.45. The molecule has 3 fully saturated rings. The second-order valence-electron chi connectivity index (χ2n) is 7.94. The maximum Gasteiger partial charge on any atom is 0.407 e. The zero-order chi connectivity index (χ0) is 18.3. The van der Waals surface area contributed by atoms with Crippen LogP contribution < -0.4 is 5.32 Å². The Labute approximate surface area is 152 Å². The maximum absolute atomic E-state index is 12.6. The van der Waals surface area contributed by atoms with Gasteiger partial charge in [-0.1, -0.05) is 5.16 Å². The summed E-state index contributed by atoms with van der Waals surface area (Å²) in [4.78, 5) is 28.0. The third-order valence-corrected chi connectivity index (χ3v) is 6.06. The van der Waals surface area contributed by atoms with Crippen molar-refractivity contribution in [2.45, 2.75) is 45.8 Å². The van der Waals surface area contributed by atoms with Crippen molar-refractivity contribution in [1.82, 2.24) is 20.3 Å². The van der Waals surface area contributed by atoms with E-state index in [2.05, 4.69) is 15.4 Å². The highest BCUT2D eigenvalue weighted by Crippen LogP contribution is 2.41. The molecule has 4 heterocycles. The van der Waals surface area contributed by atoms with Gasteiger partial charge in [-0.25, -0.2) is 4.79 Å². The van der Waals surface area contributed by atoms with Gasteiger partial charge in [0.15, 0.2) is 0 Å². The summed E-state index contributed by atoms with van der Waals surface area (Å²) in [6, 6.07) is 0. The van der Waals surface area contributed by atoms with Gasteiger partial charge in [0, 0.05) is 25.1 Å². The first-order valence-electron chi connectivity index (χ1n) is 9.30. The molecule has 26 heavy (non-hydrogen) atoms. The van der Waals surface area contributed by atoms with Crippen LogP contribution in [0.4, 0.5) is 4.79 Å². The highest BCUT2D eigenvalue weighted by atomic mass is 16.6. The fraction of sp³-hybridized carbons (Fsp3) is 0.722. The Morgan fingerprint density at radius 2 is 2.04 bits per heavy atom. The minimum absolute atomic E-state index is 0.0576. The van der Waals surface area contributed by atoms with Gasteiger partial charge in [-0.2, -0.15) is 0 Å². The van der Waals surface area contributed by atoms with E-state index in [0.29, 0.717) is 19.5 Å². The number of rotatable bonds is 4. The molecule has 1 spiro atoms. The average molecular weight is 362 g/mol. The molecule has 0 radical (unpaired) electrons. The molecule has 142 valence electrons. The monoisotopic (exact) mass is 362 g/mol. The molecule has 0 saturated carbocycles. The number of cyclic esters (lactones) is 1. The van der Waals surface area contributed by atoms with Crippen LogP contribution in [0.5, 0.6) is 0 Å². The number of amides is 2. The van der Waals surface area contributed by atoms with Gasteiger partial charge >= 0.3 is 6.09 Å². The van der Waals surface area contributed by atoms with Gasteiger partial charge in [0.05, 0.1) is 18.8 Å². The summed E-state index contributed by atoms with van der Waals surface area (Å²) in [7, 11) is 0. The molecule has 0 unspecified atom stereocenters. The number of nitrogens with one attached hydrogen (secondary N) is 1. The molecule has 3 saturated heterocycles. The van der Waals surface area contributed by atoms with E-state index in [-0.39, 0.29) is 23.5 Å². The second-order valence-corrected chi connectivity index (χ2v) is 7.94. The lowest BCUT2D eigenvalue weighted by atomic mass is 9.77. The van der Waals surface area contributed by atoms with Crippen LogP contribution >= 0.6 is 0 Å². The predicted molar refractivity (Wildman–Crippen MR) is 92.4 cm³/mol. The van der Waals surface area contributed by atoms with Crippen LogP contribution in [-0.4, -0.2) is 65.8 Å². The van der Waals surface area contributed by atoms with E-state index in [9.17, 15) is 9.59 Å². The Kier molecular flexibility index (Phi) is 4.38. The van der Waals surface area contributed by atoms with Gasteiger partial charge in [0.2, 0.25) is 5.91 Å². The van der Waals surface area contributed by atoms with Crippen molar-refractivity contribution in [3.05, 3.63) is 17.0 Å². The van der Waals surface area contributed by atoms with Crippen LogP contribution in [0.2, 0.25) is 0 Å². The number of hydrogen-bond donors (Lipinski definition) is 1. The van der Waals surface area contributed by atoms with Crippen molar-refractivity contribution in [2.75, 3.05) is 32.7 Å². The van der Waals surface area contributed by atoms with Crippen molar-refractivity contribution in [3.63, 3.8) is 0 Å². The number of piperidine rings is 1. The normalized spacial score (nSPS) is 25.8. The quantitative estimate of drug-likeness (QED) is 0.866. The fourth-order valence-electron chi connectivity index (χ4n) is 4.41. The second kappa shape index (κ2) is 6.57. The van der Waals surface area contributed by atoms with Crippen molar-refractivity contribution in [2.24, 2.45) is 5.41 Å². The van der Waals surface area contributed by atoms with E-state index in [1.807, 2.05) is 18.7 Å². The molecule has 1 N–H and O–H groups in total. The van der Waals surface area contributed by atoms with Crippen LogP contribution in [0.15, 0.2) is 4.52 Å². The van der Waals surface area contributed by atoms with E-state index >= 15 is 0 Å². The minimum Gasteiger partial charge on any atom is -0.443 e. The summed E-state index contributed by atoms with van der Waals surface area (Å²) in [6.45, 7) is 8.47. The number of hydrogen-bond acceptors (Lipinski definition) is 6. The summed E-state index contributed by atoms with van der Waals surface area (Å²) in [6.07, 6.45) is 2.26. The minimum atomic E-state index is -0.320. The molecule has 8 heteroatoms. The Morgan fingerprint density at radius 3 is 2.65 bits per heavy atom. The van der Waals surface area contributed by atoms with Gasteiger partial charge in [-0.3, -0.25) is 9.69 Å². The third-order valence-electron chi connectivity index (χ3n) is 6.06. The maximum atomic E-state index is 12.6. The molecule has 1 aromatic rings. The number of nitrogens with zero attached hydrogens (tertiary/aromatic N) is 3. The van der Waals surface area contributed by atoms with Gasteiger partial charge < -0.3 is 19.5 Å². The van der Waals surface area contributed by atoms with E-state index in [4.69, 9.17) is 9.26 Å². The lowest BCUT2D eigenvalue weighted by molar-refractivity contribution is -0.128. The number of likely N-dealkylation sites (tertiary alicyclic amines) is 2. The number of carbonyl (C=O) groups is 2. The molecule has 2 amide bonds. The summed E-state index contributed by atoms with van der Waals surface area (Å²) >= 11 is 0. The predicted octanol–water partition coefficient (Wildman–Crippen LogP) is 1.21. The molecule has 8 nitrogen and oxygen atoms in total. The first-order chi connectivity index (χ1) is 12.4. The summed E-state index contributed by atoms with van der Waals surface area (Å²) < 4.78 is 10.5. The van der Waals surface area contributed by atoms with E-state index < -0.39 is 0 Å². The van der Waals surface area contributed by atoms with Crippen molar-refractivity contribution >= 4 is 12.0 Å². The van der Waals surface area contributed by atoms with Crippen LogP contribution in [0.25, 0.3) is 0 Å². The fourth-order valence-corrected chi connectivity index (χ4v) is 4.41. The van der Waals surface area contributed by atoms with Crippen molar-refractivity contribution in [1.29, 1.82) is 0 Å². The molecule has 3 aliphatic rings. The largest absolute Gasteiger partial charge is 0.443 e. The molecular formula is C18H26N4O4. The summed E-state index contributed by atoms with van der Waals surface area (Å²) in [5.74, 6) is 1.03. The van der Waals surface area contributed by atoms with Crippen LogP contribution in [0.3, 0.4) is 0 Å². The van der Waals surface area contributed by atoms with E-state index in [1.54, 1.807) is 0 Å². The van der Waals surface area contributed by atoms with Gasteiger partial charge in [-0.05, 0) is 45.2 Å². The number of ether oxygens (including phenoxy) is 1. The average Bonchev–Trinajstić information content (AvgIpc) is 3.25. The van der Waals surface area contributed by atoms with Crippen molar-refractivity contribution in [3.8, 4) is 0 Å². The van der Waals surface area contributed by atoms with Gasteiger partial charge in [0.25, 0.3) is 0 Å². The van der Waals surface area contributed by atoms with Gasteiger partial charge in [0.1, 0.15) is 11.9 Å². The Bertz CT molecular complexity index is 689. The zero-order valence-electron chi connectivity index (χ0n) is 15.4. The van der Waals surface area contributed by atoms with Crippen LogP contribution in [0, 0.1) is 19.3 Å². The Morgan fingerprint density at radius 1 is 1.27 bits per heavy atom. The van der Waals surface area contributed by atoms with Crippen LogP contribution in [-0.2, 0) is 16.1 Å². The molecule has 0 aliphatic carbocycles. The van der Waals surface area contributed by atoms with E-state index in [1.165, 1.54) is 0 Å². The number of alkyl carbamates (subject to hydrolysis) is 1. The zero-order valence-corrected chi connectivity index (χ0v) is 15.4. The lowest BCUT2D eigenvalue weighted by Crippen LogP contribution is -2.44. The topological polar surface area (TPSA) is 87.9 Å². The summed E-state index contributed by atoms with van der Waals surface area (Å²) in [5, 5.41) is 6.69. The first-order valence-corrected chi connectivity index (χ1v) is 9.30. The van der Waals surface area contributed by atoms with Gasteiger partial charge in [-0.15, -0.1) is 0 Å². The molecule has 1 aromatic heterocycles. The Balaban J connectivity index is 1.33. The molecule has 1 atom stereocenters. The highest BCUT2D eigenvalue weighted by molar-refractivity contribution is 5.79. The molecule has 0 aromatic carbocycles. The first kappa shape index (κ1) is 17.3. The SMILES string of the molecule is Cc1noc(C)c1CN1CC2(CCN(C[C@@H]3CNC(=O)O3)CC2)CC1=O.